The van der Waals surface area contributed by atoms with Crippen molar-refractivity contribution in [1.82, 2.24) is 20.4 Å². The van der Waals surface area contributed by atoms with E-state index in [2.05, 4.69) is 20.4 Å². The summed E-state index contributed by atoms with van der Waals surface area (Å²) < 4.78 is 5.29. The van der Waals surface area contributed by atoms with Crippen LogP contribution in [0.5, 0.6) is 0 Å². The van der Waals surface area contributed by atoms with E-state index in [0.29, 0.717) is 22.4 Å². The predicted molar refractivity (Wildman–Crippen MR) is 76.5 cm³/mol. The van der Waals surface area contributed by atoms with E-state index in [1.807, 2.05) is 0 Å². The normalized spacial score (nSPS) is 16.4. The van der Waals surface area contributed by atoms with Gasteiger partial charge in [0.2, 0.25) is 11.7 Å². The summed E-state index contributed by atoms with van der Waals surface area (Å²) in [7, 11) is 0. The number of aryl methyl sites for hydroxylation is 1. The Morgan fingerprint density at radius 3 is 3.00 bits per heavy atom. The molecule has 1 saturated heterocycles. The number of halogens is 1. The molecule has 2 aromatic rings. The van der Waals surface area contributed by atoms with Gasteiger partial charge in [-0.1, -0.05) is 16.8 Å². The zero-order valence-corrected chi connectivity index (χ0v) is 11.9. The van der Waals surface area contributed by atoms with Gasteiger partial charge < -0.3 is 9.84 Å². The molecule has 5 nitrogen and oxygen atoms in total. The molecule has 0 aromatic carbocycles. The second-order valence-corrected chi connectivity index (χ2v) is 5.48. The first-order valence-corrected chi connectivity index (χ1v) is 7.35. The Hall–Kier alpha value is -1.46. The Kier molecular flexibility index (Phi) is 4.28. The average molecular weight is 293 g/mol. The van der Waals surface area contributed by atoms with Crippen molar-refractivity contribution in [3.63, 3.8) is 0 Å². The minimum atomic E-state index is 0.468. The monoisotopic (exact) mass is 292 g/mol. The third-order valence-corrected chi connectivity index (χ3v) is 3.97. The molecule has 6 heteroatoms. The number of pyridine rings is 1. The van der Waals surface area contributed by atoms with Crippen molar-refractivity contribution in [3.05, 3.63) is 29.2 Å². The molecule has 0 saturated carbocycles. The van der Waals surface area contributed by atoms with Gasteiger partial charge in [-0.2, -0.15) is 4.98 Å². The first kappa shape index (κ1) is 13.5. The van der Waals surface area contributed by atoms with Crippen LogP contribution in [0, 0.1) is 5.92 Å². The van der Waals surface area contributed by atoms with Crippen LogP contribution < -0.4 is 5.32 Å². The summed E-state index contributed by atoms with van der Waals surface area (Å²) in [6.45, 7) is 2.23. The quantitative estimate of drug-likeness (QED) is 0.939. The van der Waals surface area contributed by atoms with Gasteiger partial charge in [0, 0.05) is 12.6 Å². The summed E-state index contributed by atoms with van der Waals surface area (Å²) in [6, 6.07) is 3.55. The van der Waals surface area contributed by atoms with Gasteiger partial charge in [-0.15, -0.1) is 0 Å². The molecule has 2 aromatic heterocycles. The highest BCUT2D eigenvalue weighted by atomic mass is 35.5. The van der Waals surface area contributed by atoms with Crippen LogP contribution in [0.25, 0.3) is 11.5 Å². The molecule has 1 aliphatic heterocycles. The van der Waals surface area contributed by atoms with Crippen LogP contribution in [-0.4, -0.2) is 28.2 Å². The summed E-state index contributed by atoms with van der Waals surface area (Å²) in [5, 5.41) is 7.88. The van der Waals surface area contributed by atoms with E-state index in [1.165, 1.54) is 12.8 Å². The van der Waals surface area contributed by atoms with Gasteiger partial charge in [-0.25, -0.2) is 0 Å². The van der Waals surface area contributed by atoms with Crippen molar-refractivity contribution in [1.29, 1.82) is 0 Å². The van der Waals surface area contributed by atoms with Crippen molar-refractivity contribution >= 4 is 11.6 Å². The Labute approximate surface area is 122 Å². The highest BCUT2D eigenvalue weighted by Gasteiger charge is 2.16. The maximum atomic E-state index is 6.08. The maximum absolute atomic E-state index is 6.08. The van der Waals surface area contributed by atoms with Crippen LogP contribution >= 0.6 is 11.6 Å². The molecule has 1 N–H and O–H groups in total. The smallest absolute Gasteiger partial charge is 0.227 e. The average Bonchev–Trinajstić information content (AvgIpc) is 2.95. The van der Waals surface area contributed by atoms with Crippen molar-refractivity contribution in [3.8, 4) is 11.5 Å². The molecule has 0 radical (unpaired) electrons. The molecule has 20 heavy (non-hydrogen) atoms. The summed E-state index contributed by atoms with van der Waals surface area (Å²) >= 11 is 6.08. The van der Waals surface area contributed by atoms with Crippen molar-refractivity contribution < 1.29 is 4.52 Å². The van der Waals surface area contributed by atoms with E-state index < -0.39 is 0 Å². The summed E-state index contributed by atoms with van der Waals surface area (Å²) in [5.74, 6) is 1.89. The molecule has 3 heterocycles. The van der Waals surface area contributed by atoms with Gasteiger partial charge in [0.15, 0.2) is 0 Å². The summed E-state index contributed by atoms with van der Waals surface area (Å²) in [5.41, 5.74) is 0.575. The number of rotatable bonds is 4. The van der Waals surface area contributed by atoms with Gasteiger partial charge in [0.05, 0.1) is 5.02 Å². The largest absolute Gasteiger partial charge is 0.339 e. The third kappa shape index (κ3) is 3.16. The lowest BCUT2D eigenvalue weighted by Gasteiger charge is -2.21. The molecular formula is C14H17ClN4O. The number of nitrogens with one attached hydrogen (secondary N) is 1. The van der Waals surface area contributed by atoms with Crippen LogP contribution in [0.4, 0.5) is 0 Å². The maximum Gasteiger partial charge on any atom is 0.227 e. The van der Waals surface area contributed by atoms with Crippen molar-refractivity contribution in [2.45, 2.75) is 25.7 Å². The lowest BCUT2D eigenvalue weighted by atomic mass is 9.93. The van der Waals surface area contributed by atoms with E-state index in [4.69, 9.17) is 16.1 Å². The topological polar surface area (TPSA) is 63.8 Å². The van der Waals surface area contributed by atoms with Crippen LogP contribution in [0.1, 0.15) is 25.2 Å². The van der Waals surface area contributed by atoms with E-state index in [0.717, 1.165) is 31.8 Å². The zero-order chi connectivity index (χ0) is 13.8. The minimum Gasteiger partial charge on any atom is -0.339 e. The number of hydrogen-bond acceptors (Lipinski definition) is 5. The van der Waals surface area contributed by atoms with Crippen LogP contribution in [-0.2, 0) is 6.42 Å². The molecular weight excluding hydrogens is 276 g/mol. The van der Waals surface area contributed by atoms with Gasteiger partial charge >= 0.3 is 0 Å². The van der Waals surface area contributed by atoms with Gasteiger partial charge in [0.25, 0.3) is 0 Å². The second kappa shape index (κ2) is 6.33. The van der Waals surface area contributed by atoms with E-state index >= 15 is 0 Å². The fraction of sp³-hybridized carbons (Fsp3) is 0.500. The molecule has 0 atom stereocenters. The Bertz CT molecular complexity index is 566. The molecule has 0 amide bonds. The molecule has 0 unspecified atom stereocenters. The number of hydrogen-bond donors (Lipinski definition) is 1. The van der Waals surface area contributed by atoms with E-state index in [1.54, 1.807) is 18.3 Å². The van der Waals surface area contributed by atoms with Crippen molar-refractivity contribution in [2.24, 2.45) is 5.92 Å². The summed E-state index contributed by atoms with van der Waals surface area (Å²) in [6.07, 6.45) is 6.05. The second-order valence-electron chi connectivity index (χ2n) is 5.08. The number of aromatic nitrogens is 3. The molecule has 106 valence electrons. The first-order chi connectivity index (χ1) is 9.83. The highest BCUT2D eigenvalue weighted by molar-refractivity contribution is 6.32. The van der Waals surface area contributed by atoms with E-state index in [-0.39, 0.29) is 0 Å². The first-order valence-electron chi connectivity index (χ1n) is 6.97. The Balaban J connectivity index is 1.63. The van der Waals surface area contributed by atoms with Gasteiger partial charge in [-0.3, -0.25) is 4.98 Å². The lowest BCUT2D eigenvalue weighted by molar-refractivity contribution is 0.324. The molecule has 0 bridgehead atoms. The number of piperidine rings is 1. The zero-order valence-electron chi connectivity index (χ0n) is 11.2. The Morgan fingerprint density at radius 2 is 2.20 bits per heavy atom. The minimum absolute atomic E-state index is 0.468. The summed E-state index contributed by atoms with van der Waals surface area (Å²) in [4.78, 5) is 8.57. The van der Waals surface area contributed by atoms with Crippen LogP contribution in [0.3, 0.4) is 0 Å². The van der Waals surface area contributed by atoms with Crippen LogP contribution in [0.2, 0.25) is 5.02 Å². The Morgan fingerprint density at radius 1 is 1.35 bits per heavy atom. The van der Waals surface area contributed by atoms with E-state index in [9.17, 15) is 0 Å². The molecule has 0 aliphatic carbocycles. The third-order valence-electron chi connectivity index (χ3n) is 3.66. The number of nitrogens with zero attached hydrogens (tertiary/aromatic N) is 3. The molecule has 0 spiro atoms. The SMILES string of the molecule is Clc1cccnc1-c1noc(CCC2CCNCC2)n1. The van der Waals surface area contributed by atoms with Gasteiger partial charge in [-0.05, 0) is 50.4 Å². The van der Waals surface area contributed by atoms with Gasteiger partial charge in [0.1, 0.15) is 5.69 Å². The molecule has 1 fully saturated rings. The fourth-order valence-electron chi connectivity index (χ4n) is 2.50. The van der Waals surface area contributed by atoms with Crippen LogP contribution in [0.15, 0.2) is 22.9 Å². The molecule has 3 rings (SSSR count). The molecule has 1 aliphatic rings. The van der Waals surface area contributed by atoms with Crippen molar-refractivity contribution in [2.75, 3.05) is 13.1 Å². The lowest BCUT2D eigenvalue weighted by Crippen LogP contribution is -2.27. The fourth-order valence-corrected chi connectivity index (χ4v) is 2.71. The standard InChI is InChI=1S/C14H17ClN4O/c15-11-2-1-7-17-13(11)14-18-12(20-19-14)4-3-10-5-8-16-9-6-10/h1-2,7,10,16H,3-6,8-9H2. The highest BCUT2D eigenvalue weighted by Crippen LogP contribution is 2.23. The predicted octanol–water partition coefficient (Wildman–Crippen LogP) is 2.72.